The van der Waals surface area contributed by atoms with Gasteiger partial charge >= 0.3 is 0 Å². The highest BCUT2D eigenvalue weighted by molar-refractivity contribution is 9.10. The zero-order valence-corrected chi connectivity index (χ0v) is 13.2. The predicted molar refractivity (Wildman–Crippen MR) is 84.5 cm³/mol. The molecule has 0 saturated heterocycles. The molecule has 0 heterocycles. The van der Waals surface area contributed by atoms with Crippen LogP contribution in [0.2, 0.25) is 0 Å². The van der Waals surface area contributed by atoms with Crippen LogP contribution in [0, 0.1) is 17.1 Å². The maximum atomic E-state index is 13.6. The van der Waals surface area contributed by atoms with Gasteiger partial charge in [-0.2, -0.15) is 5.26 Å². The van der Waals surface area contributed by atoms with Gasteiger partial charge in [0.1, 0.15) is 5.82 Å². The number of nitrogens with zero attached hydrogens (tertiary/aromatic N) is 1. The van der Waals surface area contributed by atoms with E-state index in [-0.39, 0.29) is 5.82 Å². The van der Waals surface area contributed by atoms with Gasteiger partial charge in [0.25, 0.3) is 0 Å². The number of fused-ring (bicyclic) bond motifs is 1. The van der Waals surface area contributed by atoms with Gasteiger partial charge in [-0.15, -0.1) is 0 Å². The van der Waals surface area contributed by atoms with Gasteiger partial charge in [-0.25, -0.2) is 4.39 Å². The molecule has 1 atom stereocenters. The van der Waals surface area contributed by atoms with Crippen molar-refractivity contribution in [2.75, 3.05) is 0 Å². The fourth-order valence-corrected chi connectivity index (χ4v) is 3.83. The zero-order valence-electron chi connectivity index (χ0n) is 11.6. The van der Waals surface area contributed by atoms with Gasteiger partial charge in [-0.3, -0.25) is 0 Å². The number of benzene rings is 2. The molecular formula is C18H15BrFN. The fourth-order valence-electron chi connectivity index (χ4n) is 3.32. The van der Waals surface area contributed by atoms with Crippen molar-refractivity contribution in [3.05, 3.63) is 69.4 Å². The summed E-state index contributed by atoms with van der Waals surface area (Å²) in [4.78, 5) is 0. The Morgan fingerprint density at radius 1 is 1.24 bits per heavy atom. The van der Waals surface area contributed by atoms with Crippen LogP contribution in [0.15, 0.2) is 46.9 Å². The van der Waals surface area contributed by atoms with Gasteiger partial charge in [0.15, 0.2) is 0 Å². The molecule has 3 rings (SSSR count). The Labute approximate surface area is 132 Å². The van der Waals surface area contributed by atoms with Crippen molar-refractivity contribution in [1.82, 2.24) is 0 Å². The van der Waals surface area contributed by atoms with Gasteiger partial charge in [-0.05, 0) is 60.6 Å². The summed E-state index contributed by atoms with van der Waals surface area (Å²) in [6.07, 6.45) is 3.40. The van der Waals surface area contributed by atoms with E-state index in [2.05, 4.69) is 28.1 Å². The van der Waals surface area contributed by atoms with E-state index >= 15 is 0 Å². The maximum absolute atomic E-state index is 13.6. The summed E-state index contributed by atoms with van der Waals surface area (Å²) < 4.78 is 14.3. The quantitative estimate of drug-likeness (QED) is 0.758. The summed E-state index contributed by atoms with van der Waals surface area (Å²) in [5.41, 5.74) is 2.68. The number of rotatable bonds is 2. The summed E-state index contributed by atoms with van der Waals surface area (Å²) >= 11 is 3.33. The molecule has 1 nitrogen and oxygen atoms in total. The van der Waals surface area contributed by atoms with Crippen molar-refractivity contribution < 1.29 is 4.39 Å². The van der Waals surface area contributed by atoms with E-state index in [0.29, 0.717) is 6.42 Å². The summed E-state index contributed by atoms with van der Waals surface area (Å²) in [5.74, 6) is -0.267. The second-order valence-corrected chi connectivity index (χ2v) is 6.57. The Balaban J connectivity index is 2.05. The van der Waals surface area contributed by atoms with Crippen LogP contribution in [0.1, 0.15) is 29.5 Å². The Morgan fingerprint density at radius 2 is 2.05 bits per heavy atom. The van der Waals surface area contributed by atoms with E-state index in [9.17, 15) is 9.65 Å². The standard InChI is InChI=1S/C18H15BrFN/c19-15-8-13(9-16(20)10-15)11-18(12-21)7-3-5-14-4-1-2-6-17(14)18/h1-2,4,6,8-10H,3,5,7,11H2. The van der Waals surface area contributed by atoms with Gasteiger partial charge < -0.3 is 0 Å². The third-order valence-electron chi connectivity index (χ3n) is 4.22. The molecule has 2 aromatic carbocycles. The molecule has 106 valence electrons. The molecule has 1 aliphatic rings. The van der Waals surface area contributed by atoms with Gasteiger partial charge in [0.05, 0.1) is 11.5 Å². The van der Waals surface area contributed by atoms with E-state index in [0.717, 1.165) is 34.9 Å². The fraction of sp³-hybridized carbons (Fsp3) is 0.278. The Kier molecular flexibility index (Phi) is 3.82. The summed E-state index contributed by atoms with van der Waals surface area (Å²) in [5, 5.41) is 9.83. The molecule has 0 amide bonds. The lowest BCUT2D eigenvalue weighted by Gasteiger charge is -2.33. The van der Waals surface area contributed by atoms with Crippen LogP contribution in [-0.4, -0.2) is 0 Å². The van der Waals surface area contributed by atoms with Crippen LogP contribution in [0.5, 0.6) is 0 Å². The van der Waals surface area contributed by atoms with Crippen molar-refractivity contribution >= 4 is 15.9 Å². The highest BCUT2D eigenvalue weighted by Gasteiger charge is 2.36. The van der Waals surface area contributed by atoms with Crippen molar-refractivity contribution in [3.8, 4) is 6.07 Å². The van der Waals surface area contributed by atoms with Crippen LogP contribution in [0.3, 0.4) is 0 Å². The Morgan fingerprint density at radius 3 is 2.81 bits per heavy atom. The van der Waals surface area contributed by atoms with Crippen LogP contribution in [0.4, 0.5) is 4.39 Å². The third-order valence-corrected chi connectivity index (χ3v) is 4.68. The molecule has 0 saturated carbocycles. The maximum Gasteiger partial charge on any atom is 0.124 e. The molecule has 0 bridgehead atoms. The lowest BCUT2D eigenvalue weighted by molar-refractivity contribution is 0.449. The van der Waals surface area contributed by atoms with Crippen molar-refractivity contribution in [2.24, 2.45) is 0 Å². The highest BCUT2D eigenvalue weighted by Crippen LogP contribution is 2.39. The number of halogens is 2. The van der Waals surface area contributed by atoms with Crippen LogP contribution >= 0.6 is 15.9 Å². The monoisotopic (exact) mass is 343 g/mol. The number of hydrogen-bond donors (Lipinski definition) is 0. The first-order chi connectivity index (χ1) is 10.1. The predicted octanol–water partition coefficient (Wildman–Crippen LogP) is 4.93. The summed E-state index contributed by atoms with van der Waals surface area (Å²) in [6.45, 7) is 0. The molecular weight excluding hydrogens is 329 g/mol. The molecule has 0 radical (unpaired) electrons. The smallest absolute Gasteiger partial charge is 0.124 e. The van der Waals surface area contributed by atoms with Gasteiger partial charge in [0.2, 0.25) is 0 Å². The lowest BCUT2D eigenvalue weighted by Crippen LogP contribution is -2.31. The van der Waals surface area contributed by atoms with Gasteiger partial charge in [-0.1, -0.05) is 40.2 Å². The van der Waals surface area contributed by atoms with Crippen molar-refractivity contribution in [2.45, 2.75) is 31.1 Å². The molecule has 1 unspecified atom stereocenters. The largest absolute Gasteiger partial charge is 0.207 e. The lowest BCUT2D eigenvalue weighted by atomic mass is 9.68. The molecule has 3 heteroatoms. The number of hydrogen-bond acceptors (Lipinski definition) is 1. The highest BCUT2D eigenvalue weighted by atomic mass is 79.9. The van der Waals surface area contributed by atoms with E-state index in [1.807, 2.05) is 24.3 Å². The second-order valence-electron chi connectivity index (χ2n) is 5.66. The first kappa shape index (κ1) is 14.3. The Bertz CT molecular complexity index is 699. The molecule has 0 fully saturated rings. The van der Waals surface area contributed by atoms with E-state index in [1.54, 1.807) is 0 Å². The third kappa shape index (κ3) is 2.73. The van der Waals surface area contributed by atoms with Crippen molar-refractivity contribution in [1.29, 1.82) is 5.26 Å². The first-order valence-electron chi connectivity index (χ1n) is 7.08. The molecule has 0 aliphatic heterocycles. The SMILES string of the molecule is N#CC1(Cc2cc(F)cc(Br)c2)CCCc2ccccc21. The average molecular weight is 344 g/mol. The van der Waals surface area contributed by atoms with E-state index in [1.165, 1.54) is 17.7 Å². The minimum atomic E-state index is -0.540. The van der Waals surface area contributed by atoms with Crippen LogP contribution in [-0.2, 0) is 18.3 Å². The number of aryl methyl sites for hydroxylation is 1. The topological polar surface area (TPSA) is 23.8 Å². The molecule has 0 N–H and O–H groups in total. The number of nitriles is 1. The molecule has 1 aliphatic carbocycles. The molecule has 21 heavy (non-hydrogen) atoms. The van der Waals surface area contributed by atoms with Crippen LogP contribution < -0.4 is 0 Å². The van der Waals surface area contributed by atoms with Gasteiger partial charge in [0, 0.05) is 4.47 Å². The molecule has 0 aromatic heterocycles. The first-order valence-corrected chi connectivity index (χ1v) is 7.87. The van der Waals surface area contributed by atoms with Crippen LogP contribution in [0.25, 0.3) is 0 Å². The minimum Gasteiger partial charge on any atom is -0.207 e. The Hall–Kier alpha value is -1.66. The minimum absolute atomic E-state index is 0.267. The summed E-state index contributed by atoms with van der Waals surface area (Å²) in [6, 6.07) is 15.5. The summed E-state index contributed by atoms with van der Waals surface area (Å²) in [7, 11) is 0. The molecule has 2 aromatic rings. The van der Waals surface area contributed by atoms with Crippen molar-refractivity contribution in [3.63, 3.8) is 0 Å². The van der Waals surface area contributed by atoms with E-state index in [4.69, 9.17) is 0 Å². The average Bonchev–Trinajstić information content (AvgIpc) is 2.46. The second kappa shape index (κ2) is 5.61. The molecule has 0 spiro atoms. The zero-order chi connectivity index (χ0) is 14.9. The van der Waals surface area contributed by atoms with E-state index < -0.39 is 5.41 Å². The normalized spacial score (nSPS) is 20.6.